The van der Waals surface area contributed by atoms with E-state index in [0.717, 1.165) is 37.5 Å². The number of amides is 2. The van der Waals surface area contributed by atoms with Crippen molar-refractivity contribution in [2.45, 2.75) is 25.7 Å². The van der Waals surface area contributed by atoms with E-state index in [4.69, 9.17) is 0 Å². The third-order valence-electron chi connectivity index (χ3n) is 6.61. The largest absolute Gasteiger partial charge is 0.366 e. The molecule has 8 nitrogen and oxygen atoms in total. The Hall–Kier alpha value is -2.75. The fraction of sp³-hybridized carbons (Fsp3) is 0.545. The normalized spacial score (nSPS) is 20.3. The summed E-state index contributed by atoms with van der Waals surface area (Å²) in [6.07, 6.45) is 3.01. The Morgan fingerprint density at radius 3 is 2.34 bits per heavy atom. The molecule has 10 heteroatoms. The summed E-state index contributed by atoms with van der Waals surface area (Å²) < 4.78 is 14.1. The maximum Gasteiger partial charge on any atom is 0.228 e. The molecule has 0 spiro atoms. The van der Waals surface area contributed by atoms with Gasteiger partial charge in [-0.25, -0.2) is 4.39 Å². The molecule has 0 aliphatic carbocycles. The number of hydrogen-bond donors (Lipinski definition) is 0. The van der Waals surface area contributed by atoms with Crippen LogP contribution in [-0.2, 0) is 9.59 Å². The SMILES string of the molecule is O=C(C1CCN(c2nnc(N3CCCC3=O)s2)CC1)N1CCN(c2ccccc2F)CC1. The van der Waals surface area contributed by atoms with Gasteiger partial charge in [0.05, 0.1) is 5.69 Å². The fourth-order valence-electron chi connectivity index (χ4n) is 4.75. The van der Waals surface area contributed by atoms with Crippen LogP contribution in [-0.4, -0.2) is 72.7 Å². The van der Waals surface area contributed by atoms with E-state index in [2.05, 4.69) is 15.1 Å². The molecule has 0 radical (unpaired) electrons. The van der Waals surface area contributed by atoms with Crippen molar-refractivity contribution in [2.75, 3.05) is 60.5 Å². The predicted octanol–water partition coefficient (Wildman–Crippen LogP) is 2.37. The second-order valence-electron chi connectivity index (χ2n) is 8.54. The lowest BCUT2D eigenvalue weighted by molar-refractivity contribution is -0.136. The minimum Gasteiger partial charge on any atom is -0.366 e. The number of rotatable bonds is 4. The topological polar surface area (TPSA) is 72.9 Å². The van der Waals surface area contributed by atoms with Crippen molar-refractivity contribution >= 4 is 39.1 Å². The third-order valence-corrected chi connectivity index (χ3v) is 7.61. The van der Waals surface area contributed by atoms with Gasteiger partial charge in [0.15, 0.2) is 0 Å². The second-order valence-corrected chi connectivity index (χ2v) is 9.48. The van der Waals surface area contributed by atoms with Gasteiger partial charge in [-0.1, -0.05) is 23.5 Å². The van der Waals surface area contributed by atoms with Crippen molar-refractivity contribution in [1.82, 2.24) is 15.1 Å². The number of carbonyl (C=O) groups excluding carboxylic acids is 2. The number of carbonyl (C=O) groups is 2. The van der Waals surface area contributed by atoms with Gasteiger partial charge >= 0.3 is 0 Å². The molecule has 3 saturated heterocycles. The average molecular weight is 459 g/mol. The van der Waals surface area contributed by atoms with Gasteiger partial charge < -0.3 is 14.7 Å². The molecule has 5 rings (SSSR count). The molecule has 0 saturated carbocycles. The molecule has 2 aromatic rings. The summed E-state index contributed by atoms with van der Waals surface area (Å²) in [6, 6.07) is 6.80. The summed E-state index contributed by atoms with van der Waals surface area (Å²) in [5.74, 6) is 0.123. The van der Waals surface area contributed by atoms with Gasteiger partial charge in [0.1, 0.15) is 5.82 Å². The summed E-state index contributed by atoms with van der Waals surface area (Å²) in [5, 5.41) is 10.0. The van der Waals surface area contributed by atoms with E-state index in [1.807, 2.05) is 15.9 Å². The smallest absolute Gasteiger partial charge is 0.228 e. The van der Waals surface area contributed by atoms with Crippen molar-refractivity contribution in [3.63, 3.8) is 0 Å². The number of piperidine rings is 1. The Balaban J connectivity index is 1.12. The zero-order valence-electron chi connectivity index (χ0n) is 18.0. The molecule has 1 aromatic carbocycles. The Morgan fingerprint density at radius 1 is 0.938 bits per heavy atom. The molecule has 3 fully saturated rings. The van der Waals surface area contributed by atoms with E-state index in [-0.39, 0.29) is 23.5 Å². The average Bonchev–Trinajstić information content (AvgIpc) is 3.48. The number of halogens is 1. The molecule has 0 N–H and O–H groups in total. The first-order chi connectivity index (χ1) is 15.6. The molecule has 0 unspecified atom stereocenters. The molecule has 170 valence electrons. The number of para-hydroxylation sites is 1. The van der Waals surface area contributed by atoms with Crippen LogP contribution in [0.15, 0.2) is 24.3 Å². The van der Waals surface area contributed by atoms with Crippen molar-refractivity contribution in [2.24, 2.45) is 5.92 Å². The van der Waals surface area contributed by atoms with Crippen LogP contribution in [0, 0.1) is 11.7 Å². The van der Waals surface area contributed by atoms with E-state index in [9.17, 15) is 14.0 Å². The number of piperazine rings is 1. The summed E-state index contributed by atoms with van der Waals surface area (Å²) in [6.45, 7) is 4.77. The summed E-state index contributed by atoms with van der Waals surface area (Å²) in [4.78, 5) is 32.8. The minimum absolute atomic E-state index is 0.0128. The van der Waals surface area contributed by atoms with Crippen LogP contribution in [0.4, 0.5) is 20.3 Å². The lowest BCUT2D eigenvalue weighted by Gasteiger charge is -2.39. The zero-order chi connectivity index (χ0) is 22.1. The first-order valence-corrected chi connectivity index (χ1v) is 12.1. The molecule has 32 heavy (non-hydrogen) atoms. The predicted molar refractivity (Wildman–Crippen MR) is 122 cm³/mol. The van der Waals surface area contributed by atoms with Crippen LogP contribution in [0.3, 0.4) is 0 Å². The molecular formula is C22H27FN6O2S. The van der Waals surface area contributed by atoms with E-state index < -0.39 is 0 Å². The van der Waals surface area contributed by atoms with Gasteiger partial charge in [-0.05, 0) is 31.4 Å². The molecule has 4 heterocycles. The fourth-order valence-corrected chi connectivity index (χ4v) is 5.69. The summed E-state index contributed by atoms with van der Waals surface area (Å²) >= 11 is 1.45. The minimum atomic E-state index is -0.214. The first kappa shape index (κ1) is 21.1. The van der Waals surface area contributed by atoms with Crippen molar-refractivity contribution in [3.8, 4) is 0 Å². The molecular weight excluding hydrogens is 431 g/mol. The van der Waals surface area contributed by atoms with Gasteiger partial charge in [-0.2, -0.15) is 0 Å². The Bertz CT molecular complexity index is 984. The number of hydrogen-bond acceptors (Lipinski definition) is 7. The number of aromatic nitrogens is 2. The molecule has 3 aliphatic rings. The van der Waals surface area contributed by atoms with Crippen LogP contribution in [0.1, 0.15) is 25.7 Å². The molecule has 2 amide bonds. The highest BCUT2D eigenvalue weighted by atomic mass is 32.1. The molecule has 0 bridgehead atoms. The van der Waals surface area contributed by atoms with E-state index in [1.54, 1.807) is 17.0 Å². The Labute approximate surface area is 190 Å². The van der Waals surface area contributed by atoms with Crippen LogP contribution in [0.2, 0.25) is 0 Å². The zero-order valence-corrected chi connectivity index (χ0v) is 18.8. The standard InChI is InChI=1S/C22H27FN6O2S/c23-17-4-1-2-5-18(17)26-12-14-27(15-13-26)20(31)16-7-10-28(11-8-16)21-24-25-22(32-21)29-9-3-6-19(29)30/h1-2,4-5,16H,3,6-15H2. The first-order valence-electron chi connectivity index (χ1n) is 11.3. The Morgan fingerprint density at radius 2 is 1.66 bits per heavy atom. The van der Waals surface area contributed by atoms with Gasteiger partial charge in [-0.3, -0.25) is 14.5 Å². The van der Waals surface area contributed by atoms with E-state index >= 15 is 0 Å². The second kappa shape index (κ2) is 9.01. The van der Waals surface area contributed by atoms with Gasteiger partial charge in [-0.15, -0.1) is 10.2 Å². The lowest BCUT2D eigenvalue weighted by atomic mass is 9.95. The highest BCUT2D eigenvalue weighted by Gasteiger charge is 2.32. The van der Waals surface area contributed by atoms with Crippen molar-refractivity contribution < 1.29 is 14.0 Å². The number of benzene rings is 1. The van der Waals surface area contributed by atoms with Gasteiger partial charge in [0.25, 0.3) is 0 Å². The molecule has 3 aliphatic heterocycles. The van der Waals surface area contributed by atoms with Crippen LogP contribution in [0.25, 0.3) is 0 Å². The third kappa shape index (κ3) is 4.15. The lowest BCUT2D eigenvalue weighted by Crippen LogP contribution is -2.51. The molecule has 1 aromatic heterocycles. The highest BCUT2D eigenvalue weighted by Crippen LogP contribution is 2.32. The molecule has 0 atom stereocenters. The van der Waals surface area contributed by atoms with Crippen LogP contribution in [0.5, 0.6) is 0 Å². The van der Waals surface area contributed by atoms with Gasteiger partial charge in [0.2, 0.25) is 22.1 Å². The summed E-state index contributed by atoms with van der Waals surface area (Å²) in [7, 11) is 0. The van der Waals surface area contributed by atoms with Crippen molar-refractivity contribution in [3.05, 3.63) is 30.1 Å². The quantitative estimate of drug-likeness (QED) is 0.701. The van der Waals surface area contributed by atoms with Crippen molar-refractivity contribution in [1.29, 1.82) is 0 Å². The highest BCUT2D eigenvalue weighted by molar-refractivity contribution is 7.19. The van der Waals surface area contributed by atoms with E-state index in [0.29, 0.717) is 50.0 Å². The van der Waals surface area contributed by atoms with Crippen LogP contribution < -0.4 is 14.7 Å². The van der Waals surface area contributed by atoms with Gasteiger partial charge in [0, 0.05) is 58.2 Å². The monoisotopic (exact) mass is 458 g/mol. The summed E-state index contributed by atoms with van der Waals surface area (Å²) in [5.41, 5.74) is 0.611. The maximum atomic E-state index is 14.1. The van der Waals surface area contributed by atoms with Crippen LogP contribution >= 0.6 is 11.3 Å². The number of anilines is 3. The number of nitrogens with zero attached hydrogens (tertiary/aromatic N) is 6. The Kier molecular flexibility index (Phi) is 5.95. The maximum absolute atomic E-state index is 14.1. The van der Waals surface area contributed by atoms with E-state index in [1.165, 1.54) is 17.4 Å².